The fourth-order valence-corrected chi connectivity index (χ4v) is 2.23. The third kappa shape index (κ3) is 4.65. The Bertz CT molecular complexity index is 574. The van der Waals surface area contributed by atoms with Crippen LogP contribution in [-0.2, 0) is 13.8 Å². The van der Waals surface area contributed by atoms with Crippen LogP contribution in [0.3, 0.4) is 0 Å². The third-order valence-corrected chi connectivity index (χ3v) is 4.10. The summed E-state index contributed by atoms with van der Waals surface area (Å²) in [5, 5.41) is 2.73. The first-order valence-corrected chi connectivity index (χ1v) is 7.99. The van der Waals surface area contributed by atoms with Crippen LogP contribution in [0.2, 0.25) is 5.02 Å². The second kappa shape index (κ2) is 6.56. The minimum absolute atomic E-state index is 0.0479. The van der Waals surface area contributed by atoms with Crippen molar-refractivity contribution in [2.75, 3.05) is 13.7 Å². The third-order valence-electron chi connectivity index (χ3n) is 2.42. The summed E-state index contributed by atoms with van der Waals surface area (Å²) in [5.41, 5.74) is 0.0479. The van der Waals surface area contributed by atoms with Gasteiger partial charge in [0.1, 0.15) is 0 Å². The molecule has 1 unspecified atom stereocenters. The van der Waals surface area contributed by atoms with Gasteiger partial charge in [0, 0.05) is 24.3 Å². The highest BCUT2D eigenvalue weighted by molar-refractivity contribution is 8.13. The summed E-state index contributed by atoms with van der Waals surface area (Å²) in [4.78, 5) is 11.7. The number of ether oxygens (including phenoxy) is 1. The molecule has 0 aliphatic heterocycles. The summed E-state index contributed by atoms with van der Waals surface area (Å²) >= 11 is 5.86. The molecule has 0 aromatic heterocycles. The molecule has 1 N–H and O–H groups in total. The lowest BCUT2D eigenvalue weighted by atomic mass is 10.2. The van der Waals surface area contributed by atoms with Crippen molar-refractivity contribution in [2.45, 2.75) is 17.9 Å². The van der Waals surface area contributed by atoms with Crippen molar-refractivity contribution in [3.8, 4) is 0 Å². The molecule has 0 aliphatic carbocycles. The zero-order valence-electron chi connectivity index (χ0n) is 10.3. The van der Waals surface area contributed by atoms with Crippen molar-refractivity contribution < 1.29 is 17.9 Å². The van der Waals surface area contributed by atoms with Crippen LogP contribution < -0.4 is 5.32 Å². The van der Waals surface area contributed by atoms with Crippen molar-refractivity contribution in [3.05, 3.63) is 28.8 Å². The number of carbonyl (C=O) groups is 1. The van der Waals surface area contributed by atoms with Crippen LogP contribution in [0.25, 0.3) is 0 Å². The van der Waals surface area contributed by atoms with Crippen LogP contribution in [0.5, 0.6) is 0 Å². The van der Waals surface area contributed by atoms with Crippen molar-refractivity contribution in [3.63, 3.8) is 0 Å². The summed E-state index contributed by atoms with van der Waals surface area (Å²) in [6, 6.07) is 3.68. The van der Waals surface area contributed by atoms with Gasteiger partial charge in [-0.3, -0.25) is 4.79 Å². The molecule has 1 atom stereocenters. The van der Waals surface area contributed by atoms with E-state index in [9.17, 15) is 13.2 Å². The Morgan fingerprint density at radius 2 is 2.11 bits per heavy atom. The number of amides is 1. The maximum absolute atomic E-state index is 11.9. The maximum atomic E-state index is 11.9. The van der Waals surface area contributed by atoms with Crippen molar-refractivity contribution in [1.82, 2.24) is 5.32 Å². The summed E-state index contributed by atoms with van der Waals surface area (Å²) in [6.07, 6.45) is -0.164. The molecule has 5 nitrogen and oxygen atoms in total. The highest BCUT2D eigenvalue weighted by Crippen LogP contribution is 2.22. The molecule has 0 fully saturated rings. The molecule has 0 saturated carbocycles. The van der Waals surface area contributed by atoms with Gasteiger partial charge in [0.2, 0.25) is 0 Å². The van der Waals surface area contributed by atoms with E-state index in [0.29, 0.717) is 0 Å². The van der Waals surface area contributed by atoms with Gasteiger partial charge in [-0.1, -0.05) is 11.6 Å². The van der Waals surface area contributed by atoms with Gasteiger partial charge in [-0.2, -0.15) is 0 Å². The fraction of sp³-hybridized carbons (Fsp3) is 0.364. The monoisotopic (exact) mass is 325 g/mol. The molecular weight excluding hydrogens is 313 g/mol. The molecule has 1 aromatic carbocycles. The molecule has 0 aliphatic rings. The second-order valence-corrected chi connectivity index (χ2v) is 6.81. The van der Waals surface area contributed by atoms with Gasteiger partial charge in [-0.15, -0.1) is 0 Å². The Morgan fingerprint density at radius 1 is 1.47 bits per heavy atom. The Morgan fingerprint density at radius 3 is 2.63 bits per heavy atom. The van der Waals surface area contributed by atoms with Gasteiger partial charge >= 0.3 is 0 Å². The fourth-order valence-electron chi connectivity index (χ4n) is 1.25. The molecule has 0 radical (unpaired) electrons. The van der Waals surface area contributed by atoms with E-state index in [2.05, 4.69) is 5.32 Å². The van der Waals surface area contributed by atoms with Crippen molar-refractivity contribution >= 4 is 37.2 Å². The van der Waals surface area contributed by atoms with E-state index in [1.165, 1.54) is 19.2 Å². The molecule has 106 valence electrons. The standard InChI is InChI=1S/C11H13Cl2NO4S/c1-7(18-2)6-14-11(15)9-5-8(19(13,16)17)3-4-10(9)12/h3-5,7H,6H2,1-2H3,(H,14,15). The van der Waals surface area contributed by atoms with Crippen molar-refractivity contribution in [2.24, 2.45) is 0 Å². The number of nitrogens with one attached hydrogen (secondary N) is 1. The number of benzene rings is 1. The quantitative estimate of drug-likeness (QED) is 0.841. The molecule has 1 rings (SSSR count). The Kier molecular flexibility index (Phi) is 5.61. The highest BCUT2D eigenvalue weighted by atomic mass is 35.7. The smallest absolute Gasteiger partial charge is 0.261 e. The lowest BCUT2D eigenvalue weighted by Crippen LogP contribution is -2.31. The van der Waals surface area contributed by atoms with E-state index >= 15 is 0 Å². The molecule has 1 aromatic rings. The average Bonchev–Trinajstić information content (AvgIpc) is 2.34. The summed E-state index contributed by atoms with van der Waals surface area (Å²) in [5.74, 6) is -0.490. The SMILES string of the molecule is COC(C)CNC(=O)c1cc(S(=O)(=O)Cl)ccc1Cl. The zero-order valence-corrected chi connectivity index (χ0v) is 12.6. The van der Waals surface area contributed by atoms with Crippen LogP contribution in [0.4, 0.5) is 0 Å². The maximum Gasteiger partial charge on any atom is 0.261 e. The van der Waals surface area contributed by atoms with E-state index in [1.54, 1.807) is 6.92 Å². The second-order valence-electron chi connectivity index (χ2n) is 3.84. The first-order valence-electron chi connectivity index (χ1n) is 5.31. The highest BCUT2D eigenvalue weighted by Gasteiger charge is 2.17. The first kappa shape index (κ1) is 16.2. The molecule has 0 heterocycles. The molecule has 0 saturated heterocycles. The van der Waals surface area contributed by atoms with E-state index in [0.717, 1.165) is 6.07 Å². The number of hydrogen-bond donors (Lipinski definition) is 1. The van der Waals surface area contributed by atoms with Gasteiger partial charge in [0.05, 0.1) is 21.6 Å². The lowest BCUT2D eigenvalue weighted by molar-refractivity contribution is 0.0870. The van der Waals surface area contributed by atoms with Gasteiger partial charge in [-0.25, -0.2) is 8.42 Å². The van der Waals surface area contributed by atoms with E-state index < -0.39 is 15.0 Å². The summed E-state index contributed by atoms with van der Waals surface area (Å²) in [6.45, 7) is 2.06. The van der Waals surface area contributed by atoms with Gasteiger partial charge in [0.15, 0.2) is 0 Å². The predicted octanol–water partition coefficient (Wildman–Crippen LogP) is 2.03. The average molecular weight is 326 g/mol. The minimum Gasteiger partial charge on any atom is -0.380 e. The molecule has 8 heteroatoms. The van der Waals surface area contributed by atoms with E-state index in [1.807, 2.05) is 0 Å². The molecular formula is C11H13Cl2NO4S. The Labute approximate surface area is 121 Å². The summed E-state index contributed by atoms with van der Waals surface area (Å²) < 4.78 is 27.4. The topological polar surface area (TPSA) is 72.5 Å². The Hall–Kier alpha value is -0.820. The van der Waals surface area contributed by atoms with Crippen molar-refractivity contribution in [1.29, 1.82) is 0 Å². The number of carbonyl (C=O) groups excluding carboxylic acids is 1. The largest absolute Gasteiger partial charge is 0.380 e. The molecule has 0 bridgehead atoms. The van der Waals surface area contributed by atoms with E-state index in [-0.39, 0.29) is 28.1 Å². The summed E-state index contributed by atoms with van der Waals surface area (Å²) in [7, 11) is 2.83. The van der Waals surface area contributed by atoms with Crippen LogP contribution in [0.15, 0.2) is 23.1 Å². The van der Waals surface area contributed by atoms with Gasteiger partial charge in [0.25, 0.3) is 15.0 Å². The van der Waals surface area contributed by atoms with Crippen LogP contribution in [0.1, 0.15) is 17.3 Å². The number of hydrogen-bond acceptors (Lipinski definition) is 4. The number of halogens is 2. The number of rotatable bonds is 5. The lowest BCUT2D eigenvalue weighted by Gasteiger charge is -2.11. The van der Waals surface area contributed by atoms with Gasteiger partial charge in [-0.05, 0) is 25.1 Å². The molecule has 1 amide bonds. The minimum atomic E-state index is -3.90. The predicted molar refractivity (Wildman–Crippen MR) is 73.3 cm³/mol. The first-order chi connectivity index (χ1) is 8.75. The Balaban J connectivity index is 2.96. The van der Waals surface area contributed by atoms with Crippen LogP contribution >= 0.6 is 22.3 Å². The van der Waals surface area contributed by atoms with E-state index in [4.69, 9.17) is 27.0 Å². The van der Waals surface area contributed by atoms with Crippen LogP contribution in [-0.4, -0.2) is 34.1 Å². The van der Waals surface area contributed by atoms with Gasteiger partial charge < -0.3 is 10.1 Å². The number of methoxy groups -OCH3 is 1. The zero-order chi connectivity index (χ0) is 14.6. The van der Waals surface area contributed by atoms with Crippen LogP contribution in [0, 0.1) is 0 Å². The molecule has 0 spiro atoms. The molecule has 19 heavy (non-hydrogen) atoms. The normalized spacial score (nSPS) is 13.1.